The van der Waals surface area contributed by atoms with Crippen molar-refractivity contribution in [1.82, 2.24) is 0 Å². The number of rotatable bonds is 9. The molecule has 3 unspecified atom stereocenters. The Morgan fingerprint density at radius 2 is 1.60 bits per heavy atom. The van der Waals surface area contributed by atoms with Crippen molar-refractivity contribution in [2.24, 2.45) is 46.0 Å². The fraction of sp³-hybridized carbons (Fsp3) is 0.689. The van der Waals surface area contributed by atoms with Crippen molar-refractivity contribution in [2.45, 2.75) is 163 Å². The molecule has 7 atom stereocenters. The summed E-state index contributed by atoms with van der Waals surface area (Å²) in [5.41, 5.74) is 15.7. The van der Waals surface area contributed by atoms with Gasteiger partial charge in [0.15, 0.2) is 0 Å². The number of hydrogen-bond acceptors (Lipinski definition) is 6. The van der Waals surface area contributed by atoms with E-state index in [-0.39, 0.29) is 59.5 Å². The molecule has 0 aliphatic heterocycles. The molecule has 8 heteroatoms. The quantitative estimate of drug-likeness (QED) is 0.193. The Morgan fingerprint density at radius 3 is 2.34 bits per heavy atom. The lowest BCUT2D eigenvalue weighted by Gasteiger charge is -2.42. The molecule has 294 valence electrons. The number of halogens is 2. The van der Waals surface area contributed by atoms with Gasteiger partial charge in [0.1, 0.15) is 23.2 Å². The van der Waals surface area contributed by atoms with Gasteiger partial charge in [0.05, 0.1) is 10.8 Å². The summed E-state index contributed by atoms with van der Waals surface area (Å²) in [6.45, 7) is 13.4. The molecule has 6 nitrogen and oxygen atoms in total. The minimum atomic E-state index is -0.776. The predicted octanol–water partition coefficient (Wildman–Crippen LogP) is 10.7. The van der Waals surface area contributed by atoms with Crippen LogP contribution >= 0.6 is 0 Å². The number of carbonyl (C=O) groups excluding carboxylic acids is 2. The van der Waals surface area contributed by atoms with E-state index in [1.54, 1.807) is 20.8 Å². The molecule has 0 heterocycles. The highest BCUT2D eigenvalue weighted by Gasteiger charge is 2.40. The zero-order valence-corrected chi connectivity index (χ0v) is 33.5. The Kier molecular flexibility index (Phi) is 13.5. The van der Waals surface area contributed by atoms with Crippen LogP contribution in [0.1, 0.15) is 155 Å². The van der Waals surface area contributed by atoms with Crippen LogP contribution < -0.4 is 16.2 Å². The maximum atomic E-state index is 15.6. The van der Waals surface area contributed by atoms with E-state index in [2.05, 4.69) is 6.92 Å². The molecular weight excluding hydrogens is 671 g/mol. The van der Waals surface area contributed by atoms with Gasteiger partial charge in [0.2, 0.25) is 0 Å². The lowest BCUT2D eigenvalue weighted by molar-refractivity contribution is -0.149. The van der Waals surface area contributed by atoms with E-state index in [0.717, 1.165) is 68.1 Å². The molecule has 0 spiro atoms. The van der Waals surface area contributed by atoms with Crippen LogP contribution in [0.3, 0.4) is 0 Å². The van der Waals surface area contributed by atoms with Gasteiger partial charge in [0, 0.05) is 30.6 Å². The maximum absolute atomic E-state index is 15.6. The Morgan fingerprint density at radius 1 is 0.868 bits per heavy atom. The molecule has 0 amide bonds. The van der Waals surface area contributed by atoms with E-state index in [1.165, 1.54) is 37.8 Å². The van der Waals surface area contributed by atoms with Crippen LogP contribution in [0.15, 0.2) is 47.0 Å². The van der Waals surface area contributed by atoms with Crippen molar-refractivity contribution < 1.29 is 27.8 Å². The van der Waals surface area contributed by atoms with Gasteiger partial charge in [-0.15, -0.1) is 0 Å². The summed E-state index contributed by atoms with van der Waals surface area (Å²) in [4.78, 5) is 26.1. The monoisotopic (exact) mass is 736 g/mol. The van der Waals surface area contributed by atoms with E-state index in [0.29, 0.717) is 36.2 Å². The number of allylic oxidation sites excluding steroid dienone is 5. The Hall–Kier alpha value is -2.84. The summed E-state index contributed by atoms with van der Waals surface area (Å²) in [6, 6.07) is 3.22. The van der Waals surface area contributed by atoms with Crippen LogP contribution in [-0.2, 0) is 20.7 Å². The van der Waals surface area contributed by atoms with Gasteiger partial charge in [-0.2, -0.15) is 0 Å². The SMILES string of the molecule is CC1=C(CC[C@@H]2CCCCCC(C)C2N)CC(F)=CC(OC(=O)C(C)(C)CCC2CCC[C@@H]3c4cc(OC(=O)C(C)(C)C)cc(F)c4C[C@H](C2)[C@@H]3N)=C1. The van der Waals surface area contributed by atoms with E-state index in [9.17, 15) is 9.59 Å². The first kappa shape index (κ1) is 41.3. The number of esters is 2. The molecular formula is C45H66F2N2O4. The average Bonchev–Trinajstić information content (AvgIpc) is 3.20. The van der Waals surface area contributed by atoms with Crippen LogP contribution in [0.5, 0.6) is 5.75 Å². The minimum Gasteiger partial charge on any atom is -0.426 e. The van der Waals surface area contributed by atoms with Crippen LogP contribution in [-0.4, -0.2) is 24.0 Å². The Labute approximate surface area is 317 Å². The van der Waals surface area contributed by atoms with Gasteiger partial charge in [-0.3, -0.25) is 9.59 Å². The molecule has 4 N–H and O–H groups in total. The van der Waals surface area contributed by atoms with Crippen LogP contribution in [0.25, 0.3) is 0 Å². The number of benzene rings is 1. The number of ether oxygens (including phenoxy) is 2. The second kappa shape index (κ2) is 17.3. The topological polar surface area (TPSA) is 105 Å². The Bertz CT molecular complexity index is 1590. The van der Waals surface area contributed by atoms with Crippen LogP contribution in [0.2, 0.25) is 0 Å². The van der Waals surface area contributed by atoms with E-state index < -0.39 is 16.8 Å². The molecule has 0 aromatic heterocycles. The highest BCUT2D eigenvalue weighted by Crippen LogP contribution is 2.46. The lowest BCUT2D eigenvalue weighted by atomic mass is 9.66. The number of nitrogens with two attached hydrogens (primary N) is 2. The normalized spacial score (nSPS) is 28.6. The van der Waals surface area contributed by atoms with Gasteiger partial charge in [-0.25, -0.2) is 8.78 Å². The Balaban J connectivity index is 1.19. The highest BCUT2D eigenvalue weighted by atomic mass is 19.1. The molecule has 4 aliphatic carbocycles. The predicted molar refractivity (Wildman–Crippen MR) is 208 cm³/mol. The number of hydrogen-bond donors (Lipinski definition) is 2. The number of carbonyl (C=O) groups is 2. The third-order valence-electron chi connectivity index (χ3n) is 13.0. The zero-order valence-electron chi connectivity index (χ0n) is 33.5. The first-order chi connectivity index (χ1) is 24.9. The summed E-state index contributed by atoms with van der Waals surface area (Å²) >= 11 is 0. The van der Waals surface area contributed by atoms with Gasteiger partial charge < -0.3 is 20.9 Å². The van der Waals surface area contributed by atoms with Crippen LogP contribution in [0.4, 0.5) is 8.78 Å². The highest BCUT2D eigenvalue weighted by molar-refractivity contribution is 5.78. The molecule has 2 fully saturated rings. The van der Waals surface area contributed by atoms with Gasteiger partial charge in [-0.1, -0.05) is 44.6 Å². The fourth-order valence-electron chi connectivity index (χ4n) is 9.21. The van der Waals surface area contributed by atoms with E-state index in [1.807, 2.05) is 32.9 Å². The molecule has 53 heavy (non-hydrogen) atoms. The number of fused-ring (bicyclic) bond motifs is 4. The van der Waals surface area contributed by atoms with E-state index >= 15 is 8.78 Å². The van der Waals surface area contributed by atoms with Crippen molar-refractivity contribution in [1.29, 1.82) is 0 Å². The zero-order chi connectivity index (χ0) is 38.7. The summed E-state index contributed by atoms with van der Waals surface area (Å²) in [7, 11) is 0. The fourth-order valence-corrected chi connectivity index (χ4v) is 9.21. The third-order valence-corrected chi connectivity index (χ3v) is 13.0. The summed E-state index contributed by atoms with van der Waals surface area (Å²) in [5, 5.41) is 0. The molecule has 1 aromatic rings. The summed E-state index contributed by atoms with van der Waals surface area (Å²) < 4.78 is 42.3. The average molecular weight is 737 g/mol. The van der Waals surface area contributed by atoms with Crippen molar-refractivity contribution in [3.63, 3.8) is 0 Å². The van der Waals surface area contributed by atoms with Crippen LogP contribution in [0, 0.1) is 40.3 Å². The molecule has 2 bridgehead atoms. The second-order valence-corrected chi connectivity index (χ2v) is 18.7. The summed E-state index contributed by atoms with van der Waals surface area (Å²) in [6.07, 6.45) is 16.8. The van der Waals surface area contributed by atoms with E-state index in [4.69, 9.17) is 20.9 Å². The third kappa shape index (κ3) is 10.5. The van der Waals surface area contributed by atoms with Crippen molar-refractivity contribution in [2.75, 3.05) is 0 Å². The molecule has 2 saturated carbocycles. The van der Waals surface area contributed by atoms with Crippen molar-refractivity contribution >= 4 is 11.9 Å². The smallest absolute Gasteiger partial charge is 0.316 e. The summed E-state index contributed by atoms with van der Waals surface area (Å²) in [5.74, 6) is 0.501. The second-order valence-electron chi connectivity index (χ2n) is 18.7. The largest absolute Gasteiger partial charge is 0.426 e. The molecule has 0 radical (unpaired) electrons. The molecule has 1 aromatic carbocycles. The molecule has 5 rings (SSSR count). The first-order valence-electron chi connectivity index (χ1n) is 20.5. The minimum absolute atomic E-state index is 0.000840. The van der Waals surface area contributed by atoms with Crippen molar-refractivity contribution in [3.05, 3.63) is 64.0 Å². The molecule has 0 saturated heterocycles. The molecule has 4 aliphatic rings. The lowest BCUT2D eigenvalue weighted by Crippen LogP contribution is -2.43. The van der Waals surface area contributed by atoms with Gasteiger partial charge in [0.25, 0.3) is 0 Å². The van der Waals surface area contributed by atoms with Gasteiger partial charge in [-0.05, 0) is 158 Å². The van der Waals surface area contributed by atoms with Crippen molar-refractivity contribution in [3.8, 4) is 5.75 Å². The van der Waals surface area contributed by atoms with Gasteiger partial charge >= 0.3 is 11.9 Å². The standard InChI is InChI=1S/C45H66F2N2O4/c1-27-12-9-8-10-14-30(40(27)48)16-17-31-22-33(46)24-34(20-28(31)2)53-43(51)45(6,7)19-18-29-13-11-15-36-37-25-35(52-42(50)44(3,4)5)26-39(47)38(37)23-32(21-29)41(36)49/h20,24-27,29-30,32,36,40-41H,8-19,21-23,48-49H2,1-7H3/t27?,29?,30-,32-,36+,40?,41-/m0/s1. The maximum Gasteiger partial charge on any atom is 0.316 e. The first-order valence-corrected chi connectivity index (χ1v) is 20.5.